The van der Waals surface area contributed by atoms with Gasteiger partial charge in [0.15, 0.2) is 0 Å². The number of nitrogens with zero attached hydrogens (tertiary/aromatic N) is 2. The van der Waals surface area contributed by atoms with Gasteiger partial charge in [-0.05, 0) is 147 Å². The molecule has 6 nitrogen and oxygen atoms in total. The predicted molar refractivity (Wildman–Crippen MR) is 225 cm³/mol. The quantitative estimate of drug-likeness (QED) is 0.174. The van der Waals surface area contributed by atoms with Gasteiger partial charge in [0.1, 0.15) is 12.2 Å². The van der Waals surface area contributed by atoms with Crippen molar-refractivity contribution in [1.29, 1.82) is 0 Å². The molecular weight excluding hydrogens is 849 g/mol. The Hall–Kier alpha value is -0.571. The van der Waals surface area contributed by atoms with Crippen LogP contribution in [0.1, 0.15) is 37.2 Å². The van der Waals surface area contributed by atoms with Gasteiger partial charge >= 0.3 is 34.1 Å². The van der Waals surface area contributed by atoms with Crippen molar-refractivity contribution in [2.24, 2.45) is 0 Å². The molecule has 9 rings (SSSR count). The minimum absolute atomic E-state index is 0. The molecule has 6 atom stereocenters. The first-order valence-electron chi connectivity index (χ1n) is 18.6. The van der Waals surface area contributed by atoms with E-state index in [4.69, 9.17) is 9.05 Å². The Labute approximate surface area is 367 Å². The van der Waals surface area contributed by atoms with Gasteiger partial charge in [0, 0.05) is 23.4 Å². The topological polar surface area (TPSA) is 59.1 Å². The molecule has 0 unspecified atom stereocenters. The molecule has 0 spiro atoms. The standard InChI is InChI=1S/C36H37N2O4P3.2C5H5.2Fe/c1-26-35(28-16-8-5-9-17-28)41-44(39,37(26)3)33-24-14-22-31(33)43(30-20-12-7-13-21-30)32-23-15-25-34(32)45(40)38(4)27(2)36(42-45)29-18-10-6-11-19-29;2*1-2-4-5-3-1;;/h5-27,35-36H,1-4H3;2*1-5H;;/q;;;2*+2/t26-,27-,35-,36-,44-,45-;;;;/m0..../s1. The van der Waals surface area contributed by atoms with Gasteiger partial charge in [-0.3, -0.25) is 9.13 Å². The summed E-state index contributed by atoms with van der Waals surface area (Å²) >= 11 is 0. The van der Waals surface area contributed by atoms with Gasteiger partial charge in [0.25, 0.3) is 15.0 Å². The van der Waals surface area contributed by atoms with Crippen LogP contribution in [0.3, 0.4) is 0 Å². The summed E-state index contributed by atoms with van der Waals surface area (Å²) in [4.78, 5) is 0. The minimum Gasteiger partial charge on any atom is -0.307 e. The average Bonchev–Trinajstić information content (AvgIpc) is 4.09. The molecule has 0 amide bonds. The van der Waals surface area contributed by atoms with Gasteiger partial charge in [0.2, 0.25) is 0 Å². The fraction of sp³-hybridized carbons (Fsp3) is 0.174. The molecular formula is C46H47Fe2N2O4P3+4. The van der Waals surface area contributed by atoms with Crippen LogP contribution >= 0.6 is 23.0 Å². The van der Waals surface area contributed by atoms with E-state index in [-0.39, 0.29) is 58.4 Å². The second-order valence-corrected chi connectivity index (χ2v) is 20.6. The summed E-state index contributed by atoms with van der Waals surface area (Å²) in [6.07, 6.45) is 31.3. The molecule has 2 saturated heterocycles. The molecule has 20 radical (unpaired) electrons. The summed E-state index contributed by atoms with van der Waals surface area (Å²) in [6, 6.07) is 30.1. The third kappa shape index (κ3) is 10.4. The van der Waals surface area contributed by atoms with Gasteiger partial charge < -0.3 is 9.05 Å². The number of benzene rings is 3. The molecule has 4 aliphatic carbocycles. The molecule has 3 aromatic rings. The second-order valence-electron chi connectivity index (χ2n) is 13.7. The Bertz CT molecular complexity index is 1610. The van der Waals surface area contributed by atoms with E-state index in [9.17, 15) is 0 Å². The molecule has 0 N–H and O–H groups in total. The van der Waals surface area contributed by atoms with Crippen LogP contribution in [-0.4, -0.2) is 35.5 Å². The maximum atomic E-state index is 15.1. The maximum absolute atomic E-state index is 15.1. The first-order valence-corrected chi connectivity index (χ1v) is 23.1. The SMILES string of the molecule is C[C@H]1[C@@H](c2ccccc2)O[P@@](=O)([C]2[CH][CH][CH][C]2P([C]2[CH][CH][CH][C]2[P@]2(=O)O[C@H](c3ccccc3)[C@H](C)N2C)c2ccccc2)N1C.[CH]1[CH][CH][CH][CH]1.[CH]1[CH][CH][CH][CH]1.[Fe+2].[Fe+2]. The van der Waals surface area contributed by atoms with Crippen LogP contribution < -0.4 is 5.30 Å². The molecule has 0 aromatic heterocycles. The van der Waals surface area contributed by atoms with Crippen LogP contribution in [0.2, 0.25) is 0 Å². The van der Waals surface area contributed by atoms with E-state index in [0.29, 0.717) is 11.3 Å². The van der Waals surface area contributed by atoms with Crippen molar-refractivity contribution in [2.75, 3.05) is 14.1 Å². The summed E-state index contributed by atoms with van der Waals surface area (Å²) in [5, 5.41) is 1.08. The monoisotopic (exact) mass is 896 g/mol. The first-order chi connectivity index (χ1) is 26.7. The normalized spacial score (nSPS) is 31.4. The van der Waals surface area contributed by atoms with Gasteiger partial charge in [-0.15, -0.1) is 0 Å². The zero-order valence-corrected chi connectivity index (χ0v) is 37.2. The van der Waals surface area contributed by atoms with Crippen molar-refractivity contribution >= 4 is 28.3 Å². The number of likely N-dealkylation sites (N-methyl/N-ethyl adjacent to an activating group) is 2. The van der Waals surface area contributed by atoms with E-state index in [1.165, 1.54) is 0 Å². The molecule has 11 heteroatoms. The van der Waals surface area contributed by atoms with Crippen molar-refractivity contribution in [3.05, 3.63) is 227 Å². The summed E-state index contributed by atoms with van der Waals surface area (Å²) in [7, 11) is -4.37. The Kier molecular flexibility index (Phi) is 18.3. The van der Waals surface area contributed by atoms with Crippen molar-refractivity contribution in [3.63, 3.8) is 0 Å². The molecule has 6 aliphatic rings. The molecule has 6 fully saturated rings. The van der Waals surface area contributed by atoms with Crippen LogP contribution in [0.4, 0.5) is 0 Å². The maximum Gasteiger partial charge on any atom is 2.00 e. The van der Waals surface area contributed by atoms with E-state index >= 15 is 9.13 Å². The summed E-state index contributed by atoms with van der Waals surface area (Å²) in [5.74, 6) is 0. The van der Waals surface area contributed by atoms with Gasteiger partial charge in [0.05, 0.1) is 11.3 Å². The molecule has 292 valence electrons. The third-order valence-electron chi connectivity index (χ3n) is 10.4. The summed E-state index contributed by atoms with van der Waals surface area (Å²) < 4.78 is 47.1. The Balaban J connectivity index is 0.000000452. The second kappa shape index (κ2) is 22.0. The largest absolute Gasteiger partial charge is 2.00 e. The molecule has 0 bridgehead atoms. The van der Waals surface area contributed by atoms with Crippen molar-refractivity contribution in [1.82, 2.24) is 9.34 Å². The van der Waals surface area contributed by atoms with E-state index in [1.54, 1.807) is 0 Å². The van der Waals surface area contributed by atoms with Crippen molar-refractivity contribution in [2.45, 2.75) is 38.1 Å². The third-order valence-corrected chi connectivity index (χ3v) is 18.7. The number of rotatable bonds is 7. The zero-order valence-electron chi connectivity index (χ0n) is 32.3. The average molecular weight is 897 g/mol. The van der Waals surface area contributed by atoms with E-state index in [2.05, 4.69) is 38.8 Å². The van der Waals surface area contributed by atoms with Crippen molar-refractivity contribution < 1.29 is 52.3 Å². The molecule has 57 heavy (non-hydrogen) atoms. The summed E-state index contributed by atoms with van der Waals surface area (Å²) in [6.45, 7) is 4.14. The Morgan fingerprint density at radius 2 is 0.789 bits per heavy atom. The van der Waals surface area contributed by atoms with Crippen LogP contribution in [-0.2, 0) is 52.3 Å². The fourth-order valence-electron chi connectivity index (χ4n) is 7.21. The summed E-state index contributed by atoms with van der Waals surface area (Å²) in [5.41, 5.74) is 5.31. The van der Waals surface area contributed by atoms with Gasteiger partial charge in [-0.25, -0.2) is 9.34 Å². The fourth-order valence-corrected chi connectivity index (χ4v) is 15.8. The van der Waals surface area contributed by atoms with E-state index in [1.807, 2.05) is 192 Å². The number of hydrogen-bond donors (Lipinski definition) is 0. The van der Waals surface area contributed by atoms with Gasteiger partial charge in [-0.1, -0.05) is 98.9 Å². The first kappa shape index (κ1) is 47.5. The van der Waals surface area contributed by atoms with E-state index in [0.717, 1.165) is 27.7 Å². The van der Waals surface area contributed by atoms with Crippen LogP contribution in [0.5, 0.6) is 0 Å². The number of hydrogen-bond acceptors (Lipinski definition) is 4. The van der Waals surface area contributed by atoms with Crippen LogP contribution in [0, 0.1) is 125 Å². The Morgan fingerprint density at radius 3 is 1.12 bits per heavy atom. The molecule has 2 aliphatic heterocycles. The molecule has 2 heterocycles. The molecule has 4 saturated carbocycles. The molecule has 3 aromatic carbocycles. The van der Waals surface area contributed by atoms with Gasteiger partial charge in [-0.2, -0.15) is 0 Å². The van der Waals surface area contributed by atoms with E-state index < -0.39 is 23.0 Å². The minimum atomic E-state index is -3.45. The van der Waals surface area contributed by atoms with Crippen LogP contribution in [0.25, 0.3) is 0 Å². The smallest absolute Gasteiger partial charge is 0.307 e. The van der Waals surface area contributed by atoms with Crippen LogP contribution in [0.15, 0.2) is 91.0 Å². The van der Waals surface area contributed by atoms with Crippen molar-refractivity contribution in [3.8, 4) is 0 Å². The zero-order chi connectivity index (χ0) is 38.4. The Morgan fingerprint density at radius 1 is 0.474 bits per heavy atom. The predicted octanol–water partition coefficient (Wildman–Crippen LogP) is 10.8.